The van der Waals surface area contributed by atoms with Crippen molar-refractivity contribution in [2.75, 3.05) is 26.2 Å². The third-order valence-corrected chi connectivity index (χ3v) is 4.48. The second-order valence-electron chi connectivity index (χ2n) is 5.00. The maximum Gasteiger partial charge on any atom is 0.257 e. The molecule has 4 nitrogen and oxygen atoms in total. The summed E-state index contributed by atoms with van der Waals surface area (Å²) >= 11 is 1.74. The van der Waals surface area contributed by atoms with E-state index in [-0.39, 0.29) is 11.5 Å². The van der Waals surface area contributed by atoms with Gasteiger partial charge in [-0.1, -0.05) is 6.07 Å². The summed E-state index contributed by atoms with van der Waals surface area (Å²) < 4.78 is 13.6. The van der Waals surface area contributed by atoms with Crippen LogP contribution in [0.5, 0.6) is 0 Å². The lowest BCUT2D eigenvalue weighted by molar-refractivity contribution is 0.0625. The molecule has 2 aromatic rings. The molecule has 3 heterocycles. The topological polar surface area (TPSA) is 36.4 Å². The highest BCUT2D eigenvalue weighted by Gasteiger charge is 2.24. The van der Waals surface area contributed by atoms with Crippen molar-refractivity contribution in [3.8, 4) is 0 Å². The minimum Gasteiger partial charge on any atom is -0.336 e. The highest BCUT2D eigenvalue weighted by Crippen LogP contribution is 2.15. The van der Waals surface area contributed by atoms with Gasteiger partial charge in [-0.05, 0) is 17.5 Å². The van der Waals surface area contributed by atoms with Crippen LogP contribution in [0.3, 0.4) is 0 Å². The molecule has 0 spiro atoms. The van der Waals surface area contributed by atoms with Gasteiger partial charge in [-0.3, -0.25) is 14.7 Å². The fourth-order valence-corrected chi connectivity index (χ4v) is 3.20. The van der Waals surface area contributed by atoms with Gasteiger partial charge in [0, 0.05) is 43.8 Å². The quantitative estimate of drug-likeness (QED) is 0.872. The van der Waals surface area contributed by atoms with E-state index in [9.17, 15) is 9.18 Å². The highest BCUT2D eigenvalue weighted by atomic mass is 32.1. The molecule has 1 fully saturated rings. The van der Waals surface area contributed by atoms with Crippen molar-refractivity contribution >= 4 is 17.2 Å². The number of aromatic nitrogens is 1. The zero-order valence-corrected chi connectivity index (χ0v) is 12.4. The van der Waals surface area contributed by atoms with Crippen LogP contribution in [0.1, 0.15) is 15.2 Å². The van der Waals surface area contributed by atoms with Gasteiger partial charge in [0.15, 0.2) is 5.82 Å². The van der Waals surface area contributed by atoms with Crippen LogP contribution in [0.2, 0.25) is 0 Å². The number of piperazine rings is 1. The average Bonchev–Trinajstić information content (AvgIpc) is 3.01. The standard InChI is InChI=1S/C15H16FN3OS/c16-14-10-17-4-3-13(14)15(20)19-7-5-18(6-8-19)11-12-2-1-9-21-12/h1-4,9-10H,5-8,11H2. The van der Waals surface area contributed by atoms with Crippen LogP contribution >= 0.6 is 11.3 Å². The van der Waals surface area contributed by atoms with E-state index >= 15 is 0 Å². The molecule has 1 aliphatic heterocycles. The molecule has 1 aliphatic rings. The summed E-state index contributed by atoms with van der Waals surface area (Å²) in [5, 5.41) is 2.07. The number of carbonyl (C=O) groups is 1. The molecule has 21 heavy (non-hydrogen) atoms. The summed E-state index contributed by atoms with van der Waals surface area (Å²) in [7, 11) is 0. The van der Waals surface area contributed by atoms with E-state index in [4.69, 9.17) is 0 Å². The van der Waals surface area contributed by atoms with E-state index in [1.165, 1.54) is 17.1 Å². The van der Waals surface area contributed by atoms with Gasteiger partial charge < -0.3 is 4.90 Å². The molecule has 1 saturated heterocycles. The van der Waals surface area contributed by atoms with Crippen LogP contribution in [-0.4, -0.2) is 46.9 Å². The molecule has 0 N–H and O–H groups in total. The Hall–Kier alpha value is -1.79. The number of hydrogen-bond donors (Lipinski definition) is 0. The zero-order valence-electron chi connectivity index (χ0n) is 11.5. The Labute approximate surface area is 126 Å². The third-order valence-electron chi connectivity index (χ3n) is 3.62. The molecular weight excluding hydrogens is 289 g/mol. The Morgan fingerprint density at radius 1 is 1.29 bits per heavy atom. The van der Waals surface area contributed by atoms with Crippen LogP contribution in [0.25, 0.3) is 0 Å². The van der Waals surface area contributed by atoms with E-state index < -0.39 is 5.82 Å². The fraction of sp³-hybridized carbons (Fsp3) is 0.333. The van der Waals surface area contributed by atoms with Crippen molar-refractivity contribution in [1.82, 2.24) is 14.8 Å². The second kappa shape index (κ2) is 6.32. The monoisotopic (exact) mass is 305 g/mol. The Bertz CT molecular complexity index is 609. The predicted molar refractivity (Wildman–Crippen MR) is 79.7 cm³/mol. The summed E-state index contributed by atoms with van der Waals surface area (Å²) in [5.74, 6) is -0.797. The first-order valence-corrected chi connectivity index (χ1v) is 7.75. The van der Waals surface area contributed by atoms with Gasteiger partial charge in [-0.15, -0.1) is 11.3 Å². The largest absolute Gasteiger partial charge is 0.336 e. The minimum atomic E-state index is -0.552. The number of nitrogens with zero attached hydrogens (tertiary/aromatic N) is 3. The molecule has 0 unspecified atom stereocenters. The predicted octanol–water partition coefficient (Wildman–Crippen LogP) is 2.24. The third kappa shape index (κ3) is 3.28. The number of pyridine rings is 1. The summed E-state index contributed by atoms with van der Waals surface area (Å²) in [6, 6.07) is 5.61. The zero-order chi connectivity index (χ0) is 14.7. The molecule has 0 aromatic carbocycles. The van der Waals surface area contributed by atoms with Gasteiger partial charge in [-0.2, -0.15) is 0 Å². The number of hydrogen-bond acceptors (Lipinski definition) is 4. The summed E-state index contributed by atoms with van der Waals surface area (Å²) in [6.07, 6.45) is 2.53. The van der Waals surface area contributed by atoms with Gasteiger partial charge in [0.25, 0.3) is 5.91 Å². The van der Waals surface area contributed by atoms with Crippen LogP contribution in [0.15, 0.2) is 36.0 Å². The number of rotatable bonds is 3. The first-order valence-electron chi connectivity index (χ1n) is 6.87. The van der Waals surface area contributed by atoms with Gasteiger partial charge >= 0.3 is 0 Å². The molecule has 0 bridgehead atoms. The maximum atomic E-state index is 13.6. The van der Waals surface area contributed by atoms with E-state index in [1.54, 1.807) is 16.2 Å². The molecule has 0 aliphatic carbocycles. The molecule has 110 valence electrons. The van der Waals surface area contributed by atoms with Crippen molar-refractivity contribution in [2.24, 2.45) is 0 Å². The lowest BCUT2D eigenvalue weighted by Crippen LogP contribution is -2.48. The molecular formula is C15H16FN3OS. The lowest BCUT2D eigenvalue weighted by atomic mass is 10.2. The van der Waals surface area contributed by atoms with Crippen LogP contribution < -0.4 is 0 Å². The average molecular weight is 305 g/mol. The Morgan fingerprint density at radius 3 is 2.76 bits per heavy atom. The number of carbonyl (C=O) groups excluding carboxylic acids is 1. The van der Waals surface area contributed by atoms with Crippen LogP contribution in [-0.2, 0) is 6.54 Å². The Morgan fingerprint density at radius 2 is 2.10 bits per heavy atom. The van der Waals surface area contributed by atoms with E-state index in [2.05, 4.69) is 21.3 Å². The van der Waals surface area contributed by atoms with Gasteiger partial charge in [-0.25, -0.2) is 4.39 Å². The maximum absolute atomic E-state index is 13.6. The lowest BCUT2D eigenvalue weighted by Gasteiger charge is -2.34. The van der Waals surface area contributed by atoms with Gasteiger partial charge in [0.2, 0.25) is 0 Å². The Kier molecular flexibility index (Phi) is 4.26. The molecule has 1 amide bonds. The number of halogens is 1. The molecule has 0 radical (unpaired) electrons. The molecule has 0 saturated carbocycles. The van der Waals surface area contributed by atoms with Crippen molar-refractivity contribution in [1.29, 1.82) is 0 Å². The molecule has 3 rings (SSSR count). The number of thiophene rings is 1. The first-order chi connectivity index (χ1) is 10.2. The van der Waals surface area contributed by atoms with Crippen LogP contribution in [0, 0.1) is 5.82 Å². The molecule has 6 heteroatoms. The van der Waals surface area contributed by atoms with Gasteiger partial charge in [0.1, 0.15) is 0 Å². The summed E-state index contributed by atoms with van der Waals surface area (Å²) in [5.41, 5.74) is 0.108. The van der Waals surface area contributed by atoms with Crippen molar-refractivity contribution in [2.45, 2.75) is 6.54 Å². The van der Waals surface area contributed by atoms with E-state index in [0.717, 1.165) is 25.8 Å². The summed E-state index contributed by atoms with van der Waals surface area (Å²) in [4.78, 5) is 21.3. The van der Waals surface area contributed by atoms with E-state index in [0.29, 0.717) is 13.1 Å². The summed E-state index contributed by atoms with van der Waals surface area (Å²) in [6.45, 7) is 3.81. The SMILES string of the molecule is O=C(c1ccncc1F)N1CCN(Cc2cccs2)CC1. The van der Waals surface area contributed by atoms with E-state index in [1.807, 2.05) is 6.07 Å². The fourth-order valence-electron chi connectivity index (χ4n) is 2.45. The van der Waals surface area contributed by atoms with Crippen molar-refractivity contribution in [3.05, 3.63) is 52.2 Å². The van der Waals surface area contributed by atoms with Crippen LogP contribution in [0.4, 0.5) is 4.39 Å². The van der Waals surface area contributed by atoms with Crippen molar-refractivity contribution < 1.29 is 9.18 Å². The van der Waals surface area contributed by atoms with Crippen molar-refractivity contribution in [3.63, 3.8) is 0 Å². The second-order valence-corrected chi connectivity index (χ2v) is 6.04. The Balaban J connectivity index is 1.58. The number of amides is 1. The minimum absolute atomic E-state index is 0.108. The highest BCUT2D eigenvalue weighted by molar-refractivity contribution is 7.09. The first kappa shape index (κ1) is 14.2. The van der Waals surface area contributed by atoms with Gasteiger partial charge in [0.05, 0.1) is 11.8 Å². The molecule has 2 aromatic heterocycles. The smallest absolute Gasteiger partial charge is 0.257 e. The normalized spacial score (nSPS) is 16.1. The molecule has 0 atom stereocenters.